The third kappa shape index (κ3) is 2.71. The first-order valence-electron chi connectivity index (χ1n) is 7.55. The molecule has 0 fully saturated rings. The van der Waals surface area contributed by atoms with Gasteiger partial charge in [0.1, 0.15) is 17.0 Å². The summed E-state index contributed by atoms with van der Waals surface area (Å²) in [5.41, 5.74) is 2.69. The van der Waals surface area contributed by atoms with E-state index in [2.05, 4.69) is 15.1 Å². The van der Waals surface area contributed by atoms with Crippen LogP contribution in [-0.4, -0.2) is 19.7 Å². The van der Waals surface area contributed by atoms with Gasteiger partial charge in [0.15, 0.2) is 5.52 Å². The van der Waals surface area contributed by atoms with Crippen molar-refractivity contribution < 1.29 is 0 Å². The Morgan fingerprint density at radius 1 is 1.00 bits per heavy atom. The van der Waals surface area contributed by atoms with Gasteiger partial charge in [-0.15, -0.1) is 0 Å². The molecule has 2 aromatic carbocycles. The largest absolute Gasteiger partial charge is 0.309 e. The van der Waals surface area contributed by atoms with Crippen molar-refractivity contribution in [1.29, 1.82) is 0 Å². The number of para-hydroxylation sites is 1. The summed E-state index contributed by atoms with van der Waals surface area (Å²) in [6, 6.07) is 14.6. The number of halogens is 2. The van der Waals surface area contributed by atoms with Crippen LogP contribution in [0.2, 0.25) is 10.0 Å². The summed E-state index contributed by atoms with van der Waals surface area (Å²) < 4.78 is 1.65. The molecule has 0 aliphatic rings. The zero-order valence-corrected chi connectivity index (χ0v) is 14.6. The summed E-state index contributed by atoms with van der Waals surface area (Å²) in [6.45, 7) is 1.74. The van der Waals surface area contributed by atoms with Gasteiger partial charge < -0.3 is 4.98 Å². The van der Waals surface area contributed by atoms with E-state index in [-0.39, 0.29) is 11.1 Å². The minimum Gasteiger partial charge on any atom is -0.309 e. The van der Waals surface area contributed by atoms with Crippen LogP contribution < -0.4 is 5.56 Å². The van der Waals surface area contributed by atoms with Crippen LogP contribution in [0.15, 0.2) is 53.3 Å². The molecule has 4 aromatic rings. The lowest BCUT2D eigenvalue weighted by Crippen LogP contribution is -2.09. The molecule has 0 aliphatic carbocycles. The second-order valence-corrected chi connectivity index (χ2v) is 6.41. The van der Waals surface area contributed by atoms with Gasteiger partial charge in [0, 0.05) is 10.6 Å². The molecule has 7 heteroatoms. The first-order chi connectivity index (χ1) is 12.0. The molecule has 0 saturated carbocycles. The molecule has 0 amide bonds. The molecule has 0 saturated heterocycles. The van der Waals surface area contributed by atoms with E-state index in [1.807, 2.05) is 30.3 Å². The number of fused-ring (bicyclic) bond motifs is 1. The summed E-state index contributed by atoms with van der Waals surface area (Å²) >= 11 is 12.4. The second kappa shape index (κ2) is 6.02. The molecular formula is C18H12Cl2N4O. The average Bonchev–Trinajstić information content (AvgIpc) is 2.95. The van der Waals surface area contributed by atoms with E-state index in [1.54, 1.807) is 29.8 Å². The number of nitrogens with zero attached hydrogens (tertiary/aromatic N) is 3. The molecule has 124 valence electrons. The lowest BCUT2D eigenvalue weighted by Gasteiger charge is -2.09. The van der Waals surface area contributed by atoms with Gasteiger partial charge in [-0.1, -0.05) is 47.5 Å². The van der Waals surface area contributed by atoms with Crippen LogP contribution in [0.25, 0.3) is 28.0 Å². The molecule has 0 aliphatic heterocycles. The van der Waals surface area contributed by atoms with E-state index in [4.69, 9.17) is 23.2 Å². The topological polar surface area (TPSA) is 63.6 Å². The standard InChI is InChI=1S/C18H12Cl2N4O/c1-10-21-15-16(18(25)22-10)23-24(14-5-3-2-4-13(14)20)17(15)11-6-8-12(19)9-7-11/h2-9H,1H3,(H,21,22,25). The lowest BCUT2D eigenvalue weighted by molar-refractivity contribution is 0.901. The third-order valence-electron chi connectivity index (χ3n) is 3.85. The molecular weight excluding hydrogens is 359 g/mol. The summed E-state index contributed by atoms with van der Waals surface area (Å²) in [7, 11) is 0. The van der Waals surface area contributed by atoms with Crippen LogP contribution in [0, 0.1) is 6.92 Å². The summed E-state index contributed by atoms with van der Waals surface area (Å²) in [4.78, 5) is 19.5. The van der Waals surface area contributed by atoms with Crippen molar-refractivity contribution >= 4 is 34.2 Å². The highest BCUT2D eigenvalue weighted by molar-refractivity contribution is 6.32. The predicted molar refractivity (Wildman–Crippen MR) is 99.7 cm³/mol. The Bertz CT molecular complexity index is 1150. The van der Waals surface area contributed by atoms with Gasteiger partial charge in [-0.25, -0.2) is 9.67 Å². The number of rotatable bonds is 2. The Kier molecular flexibility index (Phi) is 3.82. The van der Waals surface area contributed by atoms with E-state index in [0.717, 1.165) is 5.56 Å². The van der Waals surface area contributed by atoms with Crippen molar-refractivity contribution in [3.05, 3.63) is 74.8 Å². The SMILES string of the molecule is Cc1nc2c(-c3ccc(Cl)cc3)n(-c3ccccc3Cl)nc2c(=O)[nH]1. The van der Waals surface area contributed by atoms with Gasteiger partial charge in [-0.3, -0.25) is 4.79 Å². The molecule has 0 unspecified atom stereocenters. The maximum atomic E-state index is 12.3. The zero-order valence-electron chi connectivity index (χ0n) is 13.1. The lowest BCUT2D eigenvalue weighted by atomic mass is 10.1. The summed E-state index contributed by atoms with van der Waals surface area (Å²) in [5.74, 6) is 0.520. The van der Waals surface area contributed by atoms with Gasteiger partial charge in [0.05, 0.1) is 10.7 Å². The first kappa shape index (κ1) is 15.9. The molecule has 2 heterocycles. The summed E-state index contributed by atoms with van der Waals surface area (Å²) in [5, 5.41) is 5.63. The highest BCUT2D eigenvalue weighted by Crippen LogP contribution is 2.31. The fourth-order valence-corrected chi connectivity index (χ4v) is 3.09. The molecule has 4 rings (SSSR count). The second-order valence-electron chi connectivity index (χ2n) is 5.57. The third-order valence-corrected chi connectivity index (χ3v) is 4.42. The maximum Gasteiger partial charge on any atom is 0.279 e. The summed E-state index contributed by atoms with van der Waals surface area (Å²) in [6.07, 6.45) is 0. The quantitative estimate of drug-likeness (QED) is 0.568. The van der Waals surface area contributed by atoms with Crippen molar-refractivity contribution in [1.82, 2.24) is 19.7 Å². The number of hydrogen-bond donors (Lipinski definition) is 1. The van der Waals surface area contributed by atoms with Crippen LogP contribution >= 0.6 is 23.2 Å². The van der Waals surface area contributed by atoms with Gasteiger partial charge in [-0.2, -0.15) is 5.10 Å². The Morgan fingerprint density at radius 2 is 1.72 bits per heavy atom. The first-order valence-corrected chi connectivity index (χ1v) is 8.30. The minimum atomic E-state index is -0.288. The number of hydrogen-bond acceptors (Lipinski definition) is 3. The number of benzene rings is 2. The number of H-pyrrole nitrogens is 1. The monoisotopic (exact) mass is 370 g/mol. The smallest absolute Gasteiger partial charge is 0.279 e. The minimum absolute atomic E-state index is 0.260. The molecule has 0 spiro atoms. The van der Waals surface area contributed by atoms with Crippen molar-refractivity contribution in [2.45, 2.75) is 6.92 Å². The fourth-order valence-electron chi connectivity index (χ4n) is 2.75. The Morgan fingerprint density at radius 3 is 2.44 bits per heavy atom. The van der Waals surface area contributed by atoms with E-state index >= 15 is 0 Å². The van der Waals surface area contributed by atoms with Crippen LogP contribution in [0.5, 0.6) is 0 Å². The average molecular weight is 371 g/mol. The Hall–Kier alpha value is -2.63. The Balaban J connectivity index is 2.14. The van der Waals surface area contributed by atoms with Crippen LogP contribution in [0.1, 0.15) is 5.82 Å². The van der Waals surface area contributed by atoms with Crippen LogP contribution in [-0.2, 0) is 0 Å². The molecule has 0 radical (unpaired) electrons. The van der Waals surface area contributed by atoms with Crippen molar-refractivity contribution in [2.75, 3.05) is 0 Å². The van der Waals surface area contributed by atoms with E-state index in [1.165, 1.54) is 0 Å². The molecule has 2 aromatic heterocycles. The van der Waals surface area contributed by atoms with Gasteiger partial charge in [-0.05, 0) is 31.2 Å². The normalized spacial score (nSPS) is 11.2. The number of aromatic amines is 1. The molecule has 0 bridgehead atoms. The van der Waals surface area contributed by atoms with Crippen molar-refractivity contribution in [3.8, 4) is 16.9 Å². The highest BCUT2D eigenvalue weighted by Gasteiger charge is 2.20. The number of aromatic nitrogens is 4. The van der Waals surface area contributed by atoms with E-state index < -0.39 is 0 Å². The van der Waals surface area contributed by atoms with Crippen molar-refractivity contribution in [3.63, 3.8) is 0 Å². The van der Waals surface area contributed by atoms with Crippen molar-refractivity contribution in [2.24, 2.45) is 0 Å². The van der Waals surface area contributed by atoms with E-state index in [0.29, 0.717) is 32.8 Å². The fraction of sp³-hybridized carbons (Fsp3) is 0.0556. The zero-order chi connectivity index (χ0) is 17.6. The van der Waals surface area contributed by atoms with E-state index in [9.17, 15) is 4.79 Å². The van der Waals surface area contributed by atoms with Crippen LogP contribution in [0.3, 0.4) is 0 Å². The maximum absolute atomic E-state index is 12.3. The van der Waals surface area contributed by atoms with Crippen LogP contribution in [0.4, 0.5) is 0 Å². The molecule has 0 atom stereocenters. The molecule has 25 heavy (non-hydrogen) atoms. The number of aryl methyl sites for hydroxylation is 1. The number of nitrogens with one attached hydrogen (secondary N) is 1. The Labute approximate surface area is 152 Å². The highest BCUT2D eigenvalue weighted by atomic mass is 35.5. The molecule has 1 N–H and O–H groups in total. The molecule has 5 nitrogen and oxygen atoms in total. The van der Waals surface area contributed by atoms with Gasteiger partial charge in [0.25, 0.3) is 5.56 Å². The van der Waals surface area contributed by atoms with Gasteiger partial charge in [0.2, 0.25) is 0 Å². The van der Waals surface area contributed by atoms with Gasteiger partial charge >= 0.3 is 0 Å². The predicted octanol–water partition coefficient (Wildman–Crippen LogP) is 4.39.